The molecule has 148 valence electrons. The number of nitrogens with zero attached hydrogens (tertiary/aromatic N) is 1. The van der Waals surface area contributed by atoms with Gasteiger partial charge in [-0.15, -0.1) is 0 Å². The number of rotatable bonds is 5. The van der Waals surface area contributed by atoms with Crippen molar-refractivity contribution in [3.05, 3.63) is 34.9 Å². The van der Waals surface area contributed by atoms with Crippen molar-refractivity contribution in [2.45, 2.75) is 62.3 Å². The number of hydrogen-bond acceptors (Lipinski definition) is 3. The fourth-order valence-electron chi connectivity index (χ4n) is 4.03. The molecule has 2 atom stereocenters. The molecule has 1 aliphatic heterocycles. The zero-order valence-electron chi connectivity index (χ0n) is 15.4. The summed E-state index contributed by atoms with van der Waals surface area (Å²) in [5.74, 6) is -0.240. The molecule has 0 aromatic heterocycles. The summed E-state index contributed by atoms with van der Waals surface area (Å²) in [4.78, 5) is 15.2. The third-order valence-electron chi connectivity index (χ3n) is 5.92. The number of ether oxygens (including phenoxy) is 1. The van der Waals surface area contributed by atoms with Crippen molar-refractivity contribution in [3.63, 3.8) is 0 Å². The van der Waals surface area contributed by atoms with Crippen LogP contribution in [0.1, 0.15) is 59.5 Å². The highest BCUT2D eigenvalue weighted by molar-refractivity contribution is 5.96. The van der Waals surface area contributed by atoms with Crippen molar-refractivity contribution in [2.75, 3.05) is 20.3 Å². The number of carbonyl (C=O) groups excluding carboxylic acids is 1. The maximum atomic E-state index is 13.1. The number of amides is 1. The van der Waals surface area contributed by atoms with Crippen LogP contribution in [-0.2, 0) is 10.9 Å². The van der Waals surface area contributed by atoms with E-state index in [1.165, 1.54) is 18.9 Å². The smallest absolute Gasteiger partial charge is 0.379 e. The number of likely N-dealkylation sites (N-methyl/N-ethyl adjacent to an activating group) is 1. The van der Waals surface area contributed by atoms with Gasteiger partial charge in [-0.2, -0.15) is 13.2 Å². The first-order chi connectivity index (χ1) is 12.8. The predicted octanol–water partition coefficient (Wildman–Crippen LogP) is 3.56. The summed E-state index contributed by atoms with van der Waals surface area (Å²) in [6, 6.07) is 4.11. The van der Waals surface area contributed by atoms with Crippen molar-refractivity contribution in [2.24, 2.45) is 0 Å². The highest BCUT2D eigenvalue weighted by atomic mass is 19.4. The lowest BCUT2D eigenvalue weighted by Crippen LogP contribution is -2.56. The number of hydrogen-bond donors (Lipinski definition) is 1. The molecule has 1 N–H and O–H groups in total. The zero-order chi connectivity index (χ0) is 19.2. The molecular weight excluding hydrogens is 357 g/mol. The number of benzene rings is 1. The van der Waals surface area contributed by atoms with E-state index in [1.54, 1.807) is 0 Å². The van der Waals surface area contributed by atoms with Gasteiger partial charge in [0.05, 0.1) is 18.2 Å². The Morgan fingerprint density at radius 1 is 1.19 bits per heavy atom. The molecule has 0 radical (unpaired) electrons. The Bertz CT molecular complexity index is 714. The Labute approximate surface area is 157 Å². The second-order valence-corrected chi connectivity index (χ2v) is 7.98. The molecule has 1 saturated heterocycles. The number of alkyl halides is 3. The van der Waals surface area contributed by atoms with Crippen molar-refractivity contribution < 1.29 is 22.7 Å². The summed E-state index contributed by atoms with van der Waals surface area (Å²) in [5.41, 5.74) is 0.198. The fourth-order valence-corrected chi connectivity index (χ4v) is 4.03. The standard InChI is InChI=1S/C20H25F3N2O2/c1-25(14-5-6-14)18-8-9-27-11-17(18)24-19(26)15-7-4-13(20(21,22)23)10-16(15)12-2-3-12/h4,7,10,12,14,17-18H,2-3,5-6,8-9,11H2,1H3,(H,24,26). The van der Waals surface area contributed by atoms with Gasteiger partial charge in [0.2, 0.25) is 0 Å². The third-order valence-corrected chi connectivity index (χ3v) is 5.92. The lowest BCUT2D eigenvalue weighted by Gasteiger charge is -2.38. The number of carbonyl (C=O) groups is 1. The van der Waals surface area contributed by atoms with Crippen LogP contribution < -0.4 is 5.32 Å². The van der Waals surface area contributed by atoms with E-state index in [0.29, 0.717) is 30.4 Å². The van der Waals surface area contributed by atoms with Gasteiger partial charge in [-0.1, -0.05) is 0 Å². The molecule has 0 bridgehead atoms. The van der Waals surface area contributed by atoms with Gasteiger partial charge in [-0.3, -0.25) is 9.69 Å². The first-order valence-electron chi connectivity index (χ1n) is 9.66. The van der Waals surface area contributed by atoms with E-state index >= 15 is 0 Å². The summed E-state index contributed by atoms with van der Waals surface area (Å²) >= 11 is 0. The average Bonchev–Trinajstić information content (AvgIpc) is 3.53. The van der Waals surface area contributed by atoms with Crippen molar-refractivity contribution in [1.82, 2.24) is 10.2 Å². The van der Waals surface area contributed by atoms with Crippen LogP contribution >= 0.6 is 0 Å². The van der Waals surface area contributed by atoms with Crippen LogP contribution in [0.5, 0.6) is 0 Å². The normalized spacial score (nSPS) is 26.3. The molecule has 3 fully saturated rings. The molecule has 1 aromatic rings. The van der Waals surface area contributed by atoms with Gasteiger partial charge in [0, 0.05) is 24.3 Å². The largest absolute Gasteiger partial charge is 0.416 e. The van der Waals surface area contributed by atoms with Crippen LogP contribution in [0.2, 0.25) is 0 Å². The molecular formula is C20H25F3N2O2. The van der Waals surface area contributed by atoms with Crippen LogP contribution in [0.15, 0.2) is 18.2 Å². The maximum Gasteiger partial charge on any atom is 0.416 e. The van der Waals surface area contributed by atoms with Crippen molar-refractivity contribution in [3.8, 4) is 0 Å². The van der Waals surface area contributed by atoms with Crippen LogP contribution in [0.3, 0.4) is 0 Å². The highest BCUT2D eigenvalue weighted by Crippen LogP contribution is 2.43. The second kappa shape index (κ2) is 7.09. The molecule has 2 saturated carbocycles. The summed E-state index contributed by atoms with van der Waals surface area (Å²) < 4.78 is 44.7. The molecule has 0 spiro atoms. The summed E-state index contributed by atoms with van der Waals surface area (Å²) in [5, 5.41) is 3.04. The van der Waals surface area contributed by atoms with Gasteiger partial charge in [0.15, 0.2) is 0 Å². The molecule has 1 amide bonds. The maximum absolute atomic E-state index is 13.1. The molecule has 7 heteroatoms. The zero-order valence-corrected chi connectivity index (χ0v) is 15.4. The van der Waals surface area contributed by atoms with E-state index in [2.05, 4.69) is 17.3 Å². The molecule has 27 heavy (non-hydrogen) atoms. The van der Waals surface area contributed by atoms with E-state index < -0.39 is 11.7 Å². The van der Waals surface area contributed by atoms with E-state index in [0.717, 1.165) is 31.4 Å². The first kappa shape index (κ1) is 18.7. The Balaban J connectivity index is 1.53. The van der Waals surface area contributed by atoms with Gasteiger partial charge in [-0.25, -0.2) is 0 Å². The van der Waals surface area contributed by atoms with Gasteiger partial charge in [0.25, 0.3) is 5.91 Å². The monoisotopic (exact) mass is 382 g/mol. The number of nitrogens with one attached hydrogen (secondary N) is 1. The third kappa shape index (κ3) is 4.14. The highest BCUT2D eigenvalue weighted by Gasteiger charge is 2.39. The molecule has 2 aliphatic carbocycles. The Morgan fingerprint density at radius 2 is 1.93 bits per heavy atom. The van der Waals surface area contributed by atoms with Crippen LogP contribution in [0.25, 0.3) is 0 Å². The fraction of sp³-hybridized carbons (Fsp3) is 0.650. The molecule has 3 aliphatic rings. The van der Waals surface area contributed by atoms with Gasteiger partial charge >= 0.3 is 6.18 Å². The van der Waals surface area contributed by atoms with Crippen LogP contribution in [0.4, 0.5) is 13.2 Å². The molecule has 2 unspecified atom stereocenters. The Hall–Kier alpha value is -1.60. The summed E-state index contributed by atoms with van der Waals surface area (Å²) in [7, 11) is 2.08. The predicted molar refractivity (Wildman–Crippen MR) is 94.7 cm³/mol. The van der Waals surface area contributed by atoms with E-state index in [-0.39, 0.29) is 23.9 Å². The molecule has 4 rings (SSSR count). The number of halogens is 3. The molecule has 4 nitrogen and oxygen atoms in total. The summed E-state index contributed by atoms with van der Waals surface area (Å²) in [6.45, 7) is 1.11. The van der Waals surface area contributed by atoms with Crippen molar-refractivity contribution in [1.29, 1.82) is 0 Å². The lowest BCUT2D eigenvalue weighted by molar-refractivity contribution is -0.137. The topological polar surface area (TPSA) is 41.6 Å². The van der Waals surface area contributed by atoms with E-state index in [9.17, 15) is 18.0 Å². The summed E-state index contributed by atoms with van der Waals surface area (Å²) in [6.07, 6.45) is 0.481. The van der Waals surface area contributed by atoms with Gasteiger partial charge in [0.1, 0.15) is 0 Å². The van der Waals surface area contributed by atoms with E-state index in [1.807, 2.05) is 0 Å². The lowest BCUT2D eigenvalue weighted by atomic mass is 9.97. The van der Waals surface area contributed by atoms with Crippen LogP contribution in [-0.4, -0.2) is 49.2 Å². The van der Waals surface area contributed by atoms with E-state index in [4.69, 9.17) is 4.74 Å². The Morgan fingerprint density at radius 3 is 2.56 bits per heavy atom. The van der Waals surface area contributed by atoms with Crippen LogP contribution in [0, 0.1) is 0 Å². The minimum atomic E-state index is -4.39. The second-order valence-electron chi connectivity index (χ2n) is 7.98. The van der Waals surface area contributed by atoms with Gasteiger partial charge in [-0.05, 0) is 68.8 Å². The van der Waals surface area contributed by atoms with Crippen molar-refractivity contribution >= 4 is 5.91 Å². The molecule has 1 heterocycles. The molecule has 1 aromatic carbocycles. The average molecular weight is 382 g/mol. The first-order valence-corrected chi connectivity index (χ1v) is 9.66. The van der Waals surface area contributed by atoms with Gasteiger partial charge < -0.3 is 10.1 Å². The minimum Gasteiger partial charge on any atom is -0.379 e. The SMILES string of the molecule is CN(C1CC1)C1CCOCC1NC(=O)c1ccc(C(F)(F)F)cc1C1CC1. The quantitative estimate of drug-likeness (QED) is 0.847. The minimum absolute atomic E-state index is 0.0561. The Kier molecular flexibility index (Phi) is 4.93.